The minimum atomic E-state index is -3.13. The highest BCUT2D eigenvalue weighted by molar-refractivity contribution is 6.98. The largest absolute Gasteiger partial charge is 0.460 e. The lowest BCUT2D eigenvalue weighted by atomic mass is 9.71. The van der Waals surface area contributed by atoms with Gasteiger partial charge in [-0.25, -0.2) is 0 Å². The third-order valence-electron chi connectivity index (χ3n) is 8.57. The van der Waals surface area contributed by atoms with Gasteiger partial charge >= 0.3 is 5.97 Å². The van der Waals surface area contributed by atoms with Gasteiger partial charge in [0.2, 0.25) is 0 Å². The van der Waals surface area contributed by atoms with Crippen LogP contribution in [-0.2, 0) is 14.4 Å². The number of benzene rings is 2. The van der Waals surface area contributed by atoms with E-state index in [1.807, 2.05) is 57.2 Å². The second-order valence-electron chi connectivity index (χ2n) is 14.3. The molecule has 3 rings (SSSR count). The van der Waals surface area contributed by atoms with Gasteiger partial charge in [0.05, 0.1) is 6.42 Å². The molecule has 2 aromatic rings. The summed E-state index contributed by atoms with van der Waals surface area (Å²) in [5.41, 5.74) is 0.0377. The Morgan fingerprint density at radius 2 is 1.56 bits per heavy atom. The number of rotatable bonds is 13. The summed E-state index contributed by atoms with van der Waals surface area (Å²) in [5, 5.41) is 5.94. The molecule has 0 radical (unpaired) electrons. The third-order valence-corrected chi connectivity index (χ3v) is 13.1. The Morgan fingerprint density at radius 1 is 1.00 bits per heavy atom. The Labute approximate surface area is 261 Å². The predicted molar refractivity (Wildman–Crippen MR) is 180 cm³/mol. The van der Waals surface area contributed by atoms with Gasteiger partial charge in [-0.2, -0.15) is 0 Å². The van der Waals surface area contributed by atoms with E-state index in [-0.39, 0.29) is 23.3 Å². The van der Waals surface area contributed by atoms with Gasteiger partial charge in [-0.1, -0.05) is 106 Å². The van der Waals surface area contributed by atoms with Crippen molar-refractivity contribution in [1.82, 2.24) is 0 Å². The molecule has 2 aromatic carbocycles. The van der Waals surface area contributed by atoms with Crippen molar-refractivity contribution in [1.29, 1.82) is 0 Å². The summed E-state index contributed by atoms with van der Waals surface area (Å²) in [6.07, 6.45) is 5.94. The summed E-state index contributed by atoms with van der Waals surface area (Å²) in [5.74, 6) is 8.09. The monoisotopic (exact) mass is 603 g/mol. The van der Waals surface area contributed by atoms with Crippen LogP contribution in [0.1, 0.15) is 93.4 Å². The van der Waals surface area contributed by atoms with Crippen LogP contribution in [0.4, 0.5) is 0 Å². The van der Waals surface area contributed by atoms with Crippen LogP contribution in [0.15, 0.2) is 65.8 Å². The first kappa shape index (κ1) is 34.6. The molecule has 0 amide bonds. The van der Waals surface area contributed by atoms with E-state index in [0.29, 0.717) is 24.0 Å². The van der Waals surface area contributed by atoms with E-state index < -0.39 is 13.9 Å². The fourth-order valence-electron chi connectivity index (χ4n) is 6.38. The first-order valence-corrected chi connectivity index (χ1v) is 17.9. The van der Waals surface area contributed by atoms with Crippen molar-refractivity contribution < 1.29 is 19.2 Å². The molecule has 1 saturated carbocycles. The van der Waals surface area contributed by atoms with E-state index in [0.717, 1.165) is 42.0 Å². The zero-order valence-corrected chi connectivity index (χ0v) is 28.7. The molecule has 1 aliphatic carbocycles. The number of carbonyl (C=O) groups excluding carboxylic acids is 1. The van der Waals surface area contributed by atoms with Crippen LogP contribution in [0.25, 0.3) is 0 Å². The molecule has 234 valence electrons. The molecule has 0 bridgehead atoms. The summed E-state index contributed by atoms with van der Waals surface area (Å²) in [6.45, 7) is 14.5. The second-order valence-corrected chi connectivity index (χ2v) is 18.2. The van der Waals surface area contributed by atoms with Crippen molar-refractivity contribution >= 4 is 30.4 Å². The first-order valence-electron chi connectivity index (χ1n) is 15.9. The van der Waals surface area contributed by atoms with Gasteiger partial charge < -0.3 is 14.4 Å². The molecule has 0 aromatic heterocycles. The fraction of sp³-hybridized carbons (Fsp3) is 0.568. The molecule has 5 nitrogen and oxygen atoms in total. The Morgan fingerprint density at radius 3 is 2.05 bits per heavy atom. The quantitative estimate of drug-likeness (QED) is 0.0871. The minimum Gasteiger partial charge on any atom is -0.460 e. The van der Waals surface area contributed by atoms with Crippen LogP contribution in [-0.4, -0.2) is 37.5 Å². The van der Waals surface area contributed by atoms with Gasteiger partial charge in [0.15, 0.2) is 0 Å². The first-order chi connectivity index (χ1) is 20.2. The standard InChI is InChI=1S/C37H53NO4Si/c1-28(2)24-30-25-29(26-30)21-22-34(38-41-8)31(27-35(39)42-36(3,4)5)16-15-23-37(6,7)43(40,32-17-11-9-12-18-32)33-19-13-10-14-20-33/h9-14,17-20,28-31,40H,15-16,23-27H2,1-8H3/b38-34+. The maximum atomic E-state index is 13.0. The maximum absolute atomic E-state index is 13.0. The zero-order valence-electron chi connectivity index (χ0n) is 27.7. The molecule has 1 fully saturated rings. The van der Waals surface area contributed by atoms with E-state index in [1.54, 1.807) is 0 Å². The van der Waals surface area contributed by atoms with Crippen LogP contribution < -0.4 is 10.4 Å². The summed E-state index contributed by atoms with van der Waals surface area (Å²) in [4.78, 5) is 30.8. The topological polar surface area (TPSA) is 68.1 Å². The molecule has 6 heteroatoms. The minimum absolute atomic E-state index is 0.189. The van der Waals surface area contributed by atoms with Crippen LogP contribution in [0, 0.1) is 35.5 Å². The number of oxime groups is 1. The lowest BCUT2D eigenvalue weighted by molar-refractivity contribution is -0.155. The molecule has 0 saturated heterocycles. The second kappa shape index (κ2) is 15.2. The molecule has 1 N–H and O–H groups in total. The van der Waals surface area contributed by atoms with Crippen LogP contribution >= 0.6 is 0 Å². The Bertz CT molecular complexity index is 1210. The average molecular weight is 604 g/mol. The van der Waals surface area contributed by atoms with Gasteiger partial charge in [0.1, 0.15) is 18.4 Å². The predicted octanol–water partition coefficient (Wildman–Crippen LogP) is 7.12. The van der Waals surface area contributed by atoms with Crippen molar-refractivity contribution in [3.8, 4) is 11.8 Å². The number of nitrogens with zero attached hydrogens (tertiary/aromatic N) is 1. The summed E-state index contributed by atoms with van der Waals surface area (Å²) in [7, 11) is -1.60. The average Bonchev–Trinajstić information content (AvgIpc) is 2.92. The maximum Gasteiger partial charge on any atom is 0.307 e. The highest BCUT2D eigenvalue weighted by atomic mass is 28.4. The molecular formula is C37H53NO4Si. The van der Waals surface area contributed by atoms with E-state index >= 15 is 0 Å². The van der Waals surface area contributed by atoms with Crippen LogP contribution in [0.2, 0.25) is 5.04 Å². The molecule has 43 heavy (non-hydrogen) atoms. The van der Waals surface area contributed by atoms with Gasteiger partial charge in [-0.15, -0.1) is 0 Å². The smallest absolute Gasteiger partial charge is 0.307 e. The van der Waals surface area contributed by atoms with Gasteiger partial charge in [-0.3, -0.25) is 4.79 Å². The highest BCUT2D eigenvalue weighted by Crippen LogP contribution is 2.41. The molecule has 1 aliphatic rings. The molecule has 1 atom stereocenters. The van der Waals surface area contributed by atoms with E-state index in [4.69, 9.17) is 9.57 Å². The molecule has 1 unspecified atom stereocenters. The van der Waals surface area contributed by atoms with Gasteiger partial charge in [-0.05, 0) is 86.0 Å². The molecular weight excluding hydrogens is 550 g/mol. The lowest BCUT2D eigenvalue weighted by Gasteiger charge is -2.41. The number of esters is 1. The van der Waals surface area contributed by atoms with E-state index in [2.05, 4.69) is 69.0 Å². The van der Waals surface area contributed by atoms with Crippen LogP contribution in [0.5, 0.6) is 0 Å². The summed E-state index contributed by atoms with van der Waals surface area (Å²) >= 11 is 0. The highest BCUT2D eigenvalue weighted by Gasteiger charge is 2.49. The number of hydrogen-bond donors (Lipinski definition) is 1. The van der Waals surface area contributed by atoms with E-state index in [9.17, 15) is 9.59 Å². The fourth-order valence-corrected chi connectivity index (χ4v) is 10.2. The summed E-state index contributed by atoms with van der Waals surface area (Å²) in [6, 6.07) is 20.2. The van der Waals surface area contributed by atoms with Crippen molar-refractivity contribution in [2.24, 2.45) is 28.8 Å². The number of ether oxygens (including phenoxy) is 1. The van der Waals surface area contributed by atoms with Crippen LogP contribution in [0.3, 0.4) is 0 Å². The molecule has 0 spiro atoms. The SMILES string of the molecule is CO/N=C(\C#CC1CC(CC(C)C)C1)C(CCCC(C)(C)[Si](O)(c1ccccc1)c1ccccc1)CC(=O)OC(C)(C)C. The molecule has 0 heterocycles. The number of hydrogen-bond acceptors (Lipinski definition) is 5. The molecule has 0 aliphatic heterocycles. The Kier molecular flexibility index (Phi) is 12.2. The van der Waals surface area contributed by atoms with Gasteiger partial charge in [0, 0.05) is 11.8 Å². The summed E-state index contributed by atoms with van der Waals surface area (Å²) < 4.78 is 5.71. The number of carbonyl (C=O) groups is 1. The Hall–Kier alpha value is -2.88. The van der Waals surface area contributed by atoms with E-state index in [1.165, 1.54) is 13.5 Å². The van der Waals surface area contributed by atoms with Crippen molar-refractivity contribution in [3.05, 3.63) is 60.7 Å². The van der Waals surface area contributed by atoms with Crippen molar-refractivity contribution in [2.75, 3.05) is 7.11 Å². The van der Waals surface area contributed by atoms with Crippen molar-refractivity contribution in [2.45, 2.75) is 104 Å². The van der Waals surface area contributed by atoms with Gasteiger partial charge in [0.25, 0.3) is 8.32 Å². The zero-order chi connectivity index (χ0) is 31.7. The normalized spacial score (nSPS) is 18.3. The Balaban J connectivity index is 1.82. The van der Waals surface area contributed by atoms with Crippen molar-refractivity contribution in [3.63, 3.8) is 0 Å². The lowest BCUT2D eigenvalue weighted by Crippen LogP contribution is -2.65. The third kappa shape index (κ3) is 9.81.